The summed E-state index contributed by atoms with van der Waals surface area (Å²) in [5.74, 6) is -1.90. The maximum Gasteiger partial charge on any atom is 0.159 e. The van der Waals surface area contributed by atoms with Crippen LogP contribution in [0.3, 0.4) is 0 Å². The van der Waals surface area contributed by atoms with Crippen molar-refractivity contribution in [2.24, 2.45) is 0 Å². The summed E-state index contributed by atoms with van der Waals surface area (Å²) >= 11 is 0. The zero-order valence-corrected chi connectivity index (χ0v) is 11.4. The summed E-state index contributed by atoms with van der Waals surface area (Å²) < 4.78 is 25.9. The molecule has 0 fully saturated rings. The number of hydrogen-bond donors (Lipinski definition) is 3. The van der Waals surface area contributed by atoms with Crippen molar-refractivity contribution in [2.45, 2.75) is 19.3 Å². The van der Waals surface area contributed by atoms with E-state index >= 15 is 0 Å². The van der Waals surface area contributed by atoms with Crippen molar-refractivity contribution in [2.75, 3.05) is 6.54 Å². The number of aliphatic hydroxyl groups is 2. The highest BCUT2D eigenvalue weighted by atomic mass is 19.2. The Morgan fingerprint density at radius 1 is 1.00 bits per heavy atom. The van der Waals surface area contributed by atoms with Crippen LogP contribution in [-0.4, -0.2) is 16.8 Å². The zero-order valence-electron chi connectivity index (χ0n) is 11.4. The summed E-state index contributed by atoms with van der Waals surface area (Å²) in [4.78, 5) is 0. The van der Waals surface area contributed by atoms with Gasteiger partial charge in [-0.15, -0.1) is 0 Å². The summed E-state index contributed by atoms with van der Waals surface area (Å²) in [5, 5.41) is 22.0. The molecule has 2 aromatic carbocycles. The van der Waals surface area contributed by atoms with Gasteiger partial charge >= 0.3 is 0 Å². The Morgan fingerprint density at radius 2 is 1.76 bits per heavy atom. The Hall–Kier alpha value is -1.82. The number of rotatable bonds is 6. The number of aliphatic hydroxyl groups excluding tert-OH is 2. The lowest BCUT2D eigenvalue weighted by atomic mass is 10.1. The SMILES string of the molecule is OCc1cccc(CNCC(O)c2ccc(F)c(F)c2)c1. The molecule has 0 bridgehead atoms. The Labute approximate surface area is 121 Å². The maximum atomic E-state index is 13.1. The van der Waals surface area contributed by atoms with E-state index in [2.05, 4.69) is 5.32 Å². The Bertz CT molecular complexity index is 605. The van der Waals surface area contributed by atoms with Gasteiger partial charge in [-0.3, -0.25) is 0 Å². The molecule has 3 nitrogen and oxygen atoms in total. The van der Waals surface area contributed by atoms with E-state index in [1.165, 1.54) is 6.07 Å². The monoisotopic (exact) mass is 293 g/mol. The van der Waals surface area contributed by atoms with Crippen LogP contribution in [0.15, 0.2) is 42.5 Å². The molecular formula is C16H17F2NO2. The van der Waals surface area contributed by atoms with Crippen molar-refractivity contribution in [1.29, 1.82) is 0 Å². The number of nitrogens with one attached hydrogen (secondary N) is 1. The van der Waals surface area contributed by atoms with Crippen LogP contribution in [0.1, 0.15) is 22.8 Å². The van der Waals surface area contributed by atoms with Gasteiger partial charge < -0.3 is 15.5 Å². The quantitative estimate of drug-likeness (QED) is 0.766. The second-order valence-electron chi connectivity index (χ2n) is 4.80. The molecule has 0 radical (unpaired) electrons. The highest BCUT2D eigenvalue weighted by Gasteiger charge is 2.10. The average Bonchev–Trinajstić information content (AvgIpc) is 2.50. The molecule has 0 aliphatic rings. The first-order valence-electron chi connectivity index (χ1n) is 6.62. The van der Waals surface area contributed by atoms with Gasteiger partial charge in [-0.1, -0.05) is 30.3 Å². The molecule has 0 aromatic heterocycles. The Morgan fingerprint density at radius 3 is 2.48 bits per heavy atom. The molecule has 2 rings (SSSR count). The number of hydrogen-bond acceptors (Lipinski definition) is 3. The van der Waals surface area contributed by atoms with Crippen LogP contribution >= 0.6 is 0 Å². The van der Waals surface area contributed by atoms with Crippen molar-refractivity contribution in [3.8, 4) is 0 Å². The third-order valence-corrected chi connectivity index (χ3v) is 3.17. The molecule has 2 aromatic rings. The summed E-state index contributed by atoms with van der Waals surface area (Å²) in [6.45, 7) is 0.703. The number of halogens is 2. The smallest absolute Gasteiger partial charge is 0.159 e. The van der Waals surface area contributed by atoms with E-state index in [4.69, 9.17) is 5.11 Å². The third kappa shape index (κ3) is 4.32. The molecule has 3 N–H and O–H groups in total. The van der Waals surface area contributed by atoms with E-state index < -0.39 is 17.7 Å². The van der Waals surface area contributed by atoms with Gasteiger partial charge in [-0.2, -0.15) is 0 Å². The molecule has 21 heavy (non-hydrogen) atoms. The highest BCUT2D eigenvalue weighted by molar-refractivity contribution is 5.23. The van der Waals surface area contributed by atoms with Crippen LogP contribution < -0.4 is 5.32 Å². The Balaban J connectivity index is 1.88. The van der Waals surface area contributed by atoms with Crippen molar-refractivity contribution in [1.82, 2.24) is 5.32 Å². The fourth-order valence-electron chi connectivity index (χ4n) is 2.03. The third-order valence-electron chi connectivity index (χ3n) is 3.17. The zero-order chi connectivity index (χ0) is 15.2. The van der Waals surface area contributed by atoms with Gasteiger partial charge in [-0.25, -0.2) is 8.78 Å². The standard InChI is InChI=1S/C16H17F2NO2/c17-14-5-4-13(7-15(14)18)16(21)9-19-8-11-2-1-3-12(6-11)10-20/h1-7,16,19-21H,8-10H2. The molecule has 0 saturated heterocycles. The molecule has 1 unspecified atom stereocenters. The second-order valence-corrected chi connectivity index (χ2v) is 4.80. The fourth-order valence-corrected chi connectivity index (χ4v) is 2.03. The lowest BCUT2D eigenvalue weighted by Crippen LogP contribution is -2.21. The van der Waals surface area contributed by atoms with Gasteiger partial charge in [0.2, 0.25) is 0 Å². The molecule has 0 aliphatic heterocycles. The van der Waals surface area contributed by atoms with Gasteiger partial charge in [0.25, 0.3) is 0 Å². The first kappa shape index (κ1) is 15.6. The van der Waals surface area contributed by atoms with E-state index in [-0.39, 0.29) is 13.2 Å². The molecule has 0 amide bonds. The van der Waals surface area contributed by atoms with Gasteiger partial charge in [0.15, 0.2) is 11.6 Å². The summed E-state index contributed by atoms with van der Waals surface area (Å²) in [5.41, 5.74) is 2.11. The topological polar surface area (TPSA) is 52.5 Å². The van der Waals surface area contributed by atoms with E-state index in [0.717, 1.165) is 23.3 Å². The minimum atomic E-state index is -0.970. The maximum absolute atomic E-state index is 13.1. The molecule has 1 atom stereocenters. The fraction of sp³-hybridized carbons (Fsp3) is 0.250. The molecular weight excluding hydrogens is 276 g/mol. The van der Waals surface area contributed by atoms with Crippen LogP contribution in [0.25, 0.3) is 0 Å². The summed E-state index contributed by atoms with van der Waals surface area (Å²) in [6, 6.07) is 10.8. The number of benzene rings is 2. The lowest BCUT2D eigenvalue weighted by Gasteiger charge is -2.13. The van der Waals surface area contributed by atoms with Crippen molar-refractivity contribution in [3.05, 3.63) is 70.8 Å². The van der Waals surface area contributed by atoms with E-state index in [1.807, 2.05) is 24.3 Å². The lowest BCUT2D eigenvalue weighted by molar-refractivity contribution is 0.173. The van der Waals surface area contributed by atoms with E-state index in [9.17, 15) is 13.9 Å². The van der Waals surface area contributed by atoms with Crippen LogP contribution in [0.2, 0.25) is 0 Å². The van der Waals surface area contributed by atoms with Crippen LogP contribution in [0, 0.1) is 11.6 Å². The average molecular weight is 293 g/mol. The Kier molecular flexibility index (Phi) is 5.38. The van der Waals surface area contributed by atoms with Gasteiger partial charge in [-0.05, 0) is 28.8 Å². The minimum absolute atomic E-state index is 0.0225. The predicted octanol–water partition coefficient (Wildman–Crippen LogP) is 2.28. The summed E-state index contributed by atoms with van der Waals surface area (Å²) in [6.07, 6.45) is -0.916. The molecule has 0 aliphatic carbocycles. The van der Waals surface area contributed by atoms with Gasteiger partial charge in [0.1, 0.15) is 0 Å². The highest BCUT2D eigenvalue weighted by Crippen LogP contribution is 2.16. The first-order valence-corrected chi connectivity index (χ1v) is 6.62. The second kappa shape index (κ2) is 7.26. The molecule has 0 spiro atoms. The first-order chi connectivity index (χ1) is 10.1. The van der Waals surface area contributed by atoms with Crippen molar-refractivity contribution < 1.29 is 19.0 Å². The predicted molar refractivity (Wildman–Crippen MR) is 75.4 cm³/mol. The molecule has 112 valence electrons. The molecule has 0 saturated carbocycles. The summed E-state index contributed by atoms with van der Waals surface area (Å²) in [7, 11) is 0. The minimum Gasteiger partial charge on any atom is -0.392 e. The van der Waals surface area contributed by atoms with Crippen molar-refractivity contribution >= 4 is 0 Å². The van der Waals surface area contributed by atoms with Crippen LogP contribution in [-0.2, 0) is 13.2 Å². The molecule has 0 heterocycles. The van der Waals surface area contributed by atoms with Crippen LogP contribution in [0.4, 0.5) is 8.78 Å². The van der Waals surface area contributed by atoms with Gasteiger partial charge in [0, 0.05) is 13.1 Å². The largest absolute Gasteiger partial charge is 0.392 e. The molecule has 5 heteroatoms. The van der Waals surface area contributed by atoms with E-state index in [1.54, 1.807) is 0 Å². The van der Waals surface area contributed by atoms with Crippen molar-refractivity contribution in [3.63, 3.8) is 0 Å². The van der Waals surface area contributed by atoms with Crippen LogP contribution in [0.5, 0.6) is 0 Å². The normalized spacial score (nSPS) is 12.4. The van der Waals surface area contributed by atoms with Gasteiger partial charge in [0.05, 0.1) is 12.7 Å². The van der Waals surface area contributed by atoms with E-state index in [0.29, 0.717) is 12.1 Å².